The van der Waals surface area contributed by atoms with Crippen molar-refractivity contribution in [3.05, 3.63) is 95.6 Å². The summed E-state index contributed by atoms with van der Waals surface area (Å²) >= 11 is 0. The Kier molecular flexibility index (Phi) is 7.93. The van der Waals surface area contributed by atoms with Crippen LogP contribution in [0, 0.1) is 5.82 Å². The highest BCUT2D eigenvalue weighted by Crippen LogP contribution is 2.54. The molecule has 41 heavy (non-hydrogen) atoms. The number of amides is 1. The van der Waals surface area contributed by atoms with E-state index in [-0.39, 0.29) is 48.3 Å². The van der Waals surface area contributed by atoms with Crippen LogP contribution in [0.5, 0.6) is 0 Å². The summed E-state index contributed by atoms with van der Waals surface area (Å²) in [5, 5.41) is 2.77. The van der Waals surface area contributed by atoms with Crippen molar-refractivity contribution in [2.75, 3.05) is 0 Å². The zero-order chi connectivity index (χ0) is 30.3. The van der Waals surface area contributed by atoms with Gasteiger partial charge in [-0.1, -0.05) is 24.3 Å². The van der Waals surface area contributed by atoms with Gasteiger partial charge in [0.1, 0.15) is 10.6 Å². The van der Waals surface area contributed by atoms with E-state index < -0.39 is 55.9 Å². The van der Waals surface area contributed by atoms with Crippen LogP contribution in [0.2, 0.25) is 0 Å². The molecule has 220 valence electrons. The molecule has 0 saturated heterocycles. The van der Waals surface area contributed by atoms with E-state index >= 15 is 0 Å². The van der Waals surface area contributed by atoms with Crippen LogP contribution in [0.15, 0.2) is 78.0 Å². The average molecular weight is 607 g/mol. The maximum atomic E-state index is 14.6. The zero-order valence-electron chi connectivity index (χ0n) is 20.9. The first kappa shape index (κ1) is 30.4. The Labute approximate surface area is 229 Å². The summed E-state index contributed by atoms with van der Waals surface area (Å²) in [5.41, 5.74) is -7.31. The van der Waals surface area contributed by atoms with Gasteiger partial charge in [-0.15, -0.1) is 0 Å². The first-order valence-electron chi connectivity index (χ1n) is 12.2. The number of hydrogen-bond acceptors (Lipinski definition) is 4. The first-order valence-corrected chi connectivity index (χ1v) is 13.7. The highest BCUT2D eigenvalue weighted by molar-refractivity contribution is 7.92. The Bertz CT molecular complexity index is 1470. The maximum Gasteiger partial charge on any atom is 0.435 e. The average Bonchev–Trinajstić information content (AvgIpc) is 2.92. The molecule has 1 aliphatic rings. The monoisotopic (exact) mass is 606 g/mol. The molecule has 0 bridgehead atoms. The van der Waals surface area contributed by atoms with Gasteiger partial charge in [0, 0.05) is 29.6 Å². The van der Waals surface area contributed by atoms with Crippen molar-refractivity contribution in [1.29, 1.82) is 0 Å². The molecule has 0 unspecified atom stereocenters. The molecule has 4 rings (SSSR count). The molecule has 0 radical (unpaired) electrons. The molecule has 1 aliphatic carbocycles. The van der Waals surface area contributed by atoms with Crippen molar-refractivity contribution in [3.8, 4) is 0 Å². The molecular weight excluding hydrogens is 584 g/mol. The SMILES string of the molecule is O=C(N[C@H]1CC[C@@](c2ccc(C(F)(C(F)(F)F)C(F)(F)F)cc2)(S(=O)(=O)c2ccc(F)cc2)CC1)c1ccncc1. The van der Waals surface area contributed by atoms with Crippen LogP contribution < -0.4 is 5.32 Å². The minimum atomic E-state index is -6.34. The van der Waals surface area contributed by atoms with Gasteiger partial charge < -0.3 is 5.32 Å². The standard InChI is InChI=1S/C27H22F8N2O3S/c28-20-5-7-22(8-6-20)41(39,40)24(13-9-21(10-14-24)37-23(38)17-11-15-36-16-12-17)18-1-3-19(4-2-18)25(29,26(30,31)32)27(33,34)35/h1-8,11-12,15-16,21H,9-10,13-14H2,(H,37,38)/t21-,24+. The third-order valence-electron chi connectivity index (χ3n) is 7.30. The largest absolute Gasteiger partial charge is 0.435 e. The third-order valence-corrected chi connectivity index (χ3v) is 9.86. The highest BCUT2D eigenvalue weighted by atomic mass is 32.2. The van der Waals surface area contributed by atoms with Crippen LogP contribution in [0.1, 0.15) is 47.2 Å². The minimum Gasteiger partial charge on any atom is -0.349 e. The van der Waals surface area contributed by atoms with Crippen LogP contribution in [-0.2, 0) is 20.3 Å². The smallest absolute Gasteiger partial charge is 0.349 e. The fraction of sp³-hybridized carbons (Fsp3) is 0.333. The van der Waals surface area contributed by atoms with Crippen LogP contribution in [0.25, 0.3) is 0 Å². The summed E-state index contributed by atoms with van der Waals surface area (Å²) < 4.78 is 134. The van der Waals surface area contributed by atoms with Crippen LogP contribution in [-0.4, -0.2) is 37.7 Å². The topological polar surface area (TPSA) is 76.1 Å². The fourth-order valence-electron chi connectivity index (χ4n) is 5.04. The van der Waals surface area contributed by atoms with Gasteiger partial charge in [-0.25, -0.2) is 17.2 Å². The minimum absolute atomic E-state index is 0.0666. The van der Waals surface area contributed by atoms with E-state index in [9.17, 15) is 48.3 Å². The zero-order valence-corrected chi connectivity index (χ0v) is 21.8. The lowest BCUT2D eigenvalue weighted by atomic mass is 9.80. The summed E-state index contributed by atoms with van der Waals surface area (Å²) in [7, 11) is -4.43. The van der Waals surface area contributed by atoms with E-state index in [2.05, 4.69) is 10.3 Å². The Morgan fingerprint density at radius 2 is 1.32 bits per heavy atom. The molecule has 0 atom stereocenters. The molecule has 1 N–H and O–H groups in total. The number of pyridine rings is 1. The molecule has 3 aromatic rings. The third kappa shape index (κ3) is 5.41. The van der Waals surface area contributed by atoms with Crippen LogP contribution in [0.3, 0.4) is 0 Å². The molecule has 1 aromatic heterocycles. The van der Waals surface area contributed by atoms with Gasteiger partial charge >= 0.3 is 18.0 Å². The number of aromatic nitrogens is 1. The number of nitrogens with one attached hydrogen (secondary N) is 1. The number of sulfone groups is 1. The second-order valence-corrected chi connectivity index (χ2v) is 11.9. The number of alkyl halides is 7. The van der Waals surface area contributed by atoms with Gasteiger partial charge in [-0.3, -0.25) is 9.78 Å². The van der Waals surface area contributed by atoms with Crippen LogP contribution in [0.4, 0.5) is 35.1 Å². The predicted molar refractivity (Wildman–Crippen MR) is 131 cm³/mol. The second-order valence-electron chi connectivity index (χ2n) is 9.67. The van der Waals surface area contributed by atoms with Crippen molar-refractivity contribution in [1.82, 2.24) is 10.3 Å². The molecule has 0 aliphatic heterocycles. The van der Waals surface area contributed by atoms with E-state index in [1.54, 1.807) is 0 Å². The Morgan fingerprint density at radius 3 is 1.80 bits per heavy atom. The fourth-order valence-corrected chi connectivity index (χ4v) is 7.21. The number of carbonyl (C=O) groups excluding carboxylic acids is 1. The second kappa shape index (κ2) is 10.7. The quantitative estimate of drug-likeness (QED) is 0.255. The molecule has 14 heteroatoms. The summed E-state index contributed by atoms with van der Waals surface area (Å²) in [6.07, 6.45) is -10.1. The summed E-state index contributed by atoms with van der Waals surface area (Å²) in [5.74, 6) is -1.18. The van der Waals surface area contributed by atoms with Crippen molar-refractivity contribution < 1.29 is 48.3 Å². The van der Waals surface area contributed by atoms with Crippen molar-refractivity contribution in [3.63, 3.8) is 0 Å². The first-order chi connectivity index (χ1) is 19.0. The normalized spacial score (nSPS) is 20.4. The molecule has 1 fully saturated rings. The lowest BCUT2D eigenvalue weighted by Crippen LogP contribution is -2.50. The number of benzene rings is 2. The molecule has 0 spiro atoms. The van der Waals surface area contributed by atoms with E-state index in [0.717, 1.165) is 36.4 Å². The molecule has 1 heterocycles. The highest BCUT2D eigenvalue weighted by Gasteiger charge is 2.73. The van der Waals surface area contributed by atoms with E-state index in [0.29, 0.717) is 5.56 Å². The number of carbonyl (C=O) groups is 1. The van der Waals surface area contributed by atoms with Gasteiger partial charge in [0.15, 0.2) is 9.84 Å². The summed E-state index contributed by atoms with van der Waals surface area (Å²) in [4.78, 5) is 16.1. The van der Waals surface area contributed by atoms with Gasteiger partial charge in [0.05, 0.1) is 4.90 Å². The van der Waals surface area contributed by atoms with Gasteiger partial charge in [0.2, 0.25) is 0 Å². The van der Waals surface area contributed by atoms with Gasteiger partial charge in [-0.2, -0.15) is 26.3 Å². The van der Waals surface area contributed by atoms with E-state index in [1.165, 1.54) is 24.5 Å². The van der Waals surface area contributed by atoms with Crippen molar-refractivity contribution in [2.45, 2.75) is 59.4 Å². The number of halogens is 8. The molecule has 2 aromatic carbocycles. The summed E-state index contributed by atoms with van der Waals surface area (Å²) in [6.45, 7) is 0. The number of nitrogens with zero attached hydrogens (tertiary/aromatic N) is 1. The van der Waals surface area contributed by atoms with Gasteiger partial charge in [-0.05, 0) is 67.6 Å². The number of rotatable bonds is 6. The van der Waals surface area contributed by atoms with Crippen molar-refractivity contribution >= 4 is 15.7 Å². The molecule has 1 saturated carbocycles. The van der Waals surface area contributed by atoms with E-state index in [1.807, 2.05) is 0 Å². The van der Waals surface area contributed by atoms with Gasteiger partial charge in [0.25, 0.3) is 5.91 Å². The predicted octanol–water partition coefficient (Wildman–Crippen LogP) is 6.55. The Balaban J connectivity index is 1.72. The maximum absolute atomic E-state index is 14.6. The summed E-state index contributed by atoms with van der Waals surface area (Å²) in [6, 6.07) is 8.23. The van der Waals surface area contributed by atoms with Crippen molar-refractivity contribution in [2.24, 2.45) is 0 Å². The number of hydrogen-bond donors (Lipinski definition) is 1. The van der Waals surface area contributed by atoms with Crippen LogP contribution >= 0.6 is 0 Å². The molecular formula is C27H22F8N2O3S. The molecule has 1 amide bonds. The lowest BCUT2D eigenvalue weighted by molar-refractivity contribution is -0.348. The molecule has 5 nitrogen and oxygen atoms in total. The Hall–Kier alpha value is -3.55. The Morgan fingerprint density at radius 1 is 0.805 bits per heavy atom. The lowest BCUT2D eigenvalue weighted by Gasteiger charge is -2.40. The van der Waals surface area contributed by atoms with E-state index in [4.69, 9.17) is 0 Å².